The van der Waals surface area contributed by atoms with E-state index >= 15 is 0 Å². The Hall–Kier alpha value is -4.99. The molecule has 1 aromatic carbocycles. The lowest BCUT2D eigenvalue weighted by molar-refractivity contribution is -0.299. The van der Waals surface area contributed by atoms with Gasteiger partial charge in [0.1, 0.15) is 41.9 Å². The third-order valence-electron chi connectivity index (χ3n) is 14.1. The molecule has 70 heavy (non-hydrogen) atoms. The van der Waals surface area contributed by atoms with Crippen LogP contribution in [0.2, 0.25) is 5.02 Å². The predicted octanol–water partition coefficient (Wildman–Crippen LogP) is 5.34. The lowest BCUT2D eigenvalue weighted by Gasteiger charge is -2.48. The lowest BCUT2D eigenvalue weighted by atomic mass is 9.64. The molecule has 2 saturated heterocycles. The number of hydrogen-bond donors (Lipinski definition) is 4. The van der Waals surface area contributed by atoms with Gasteiger partial charge >= 0.3 is 6.18 Å². The average Bonchev–Trinajstić information content (AvgIpc) is 4.16. The van der Waals surface area contributed by atoms with Crippen LogP contribution in [0.4, 0.5) is 26.3 Å². The number of nitrogens with zero attached hydrogens (tertiary/aromatic N) is 4. The van der Waals surface area contributed by atoms with Crippen molar-refractivity contribution in [3.8, 4) is 10.4 Å². The van der Waals surface area contributed by atoms with Gasteiger partial charge in [-0.3, -0.25) is 38.5 Å². The summed E-state index contributed by atoms with van der Waals surface area (Å²) in [6.07, 6.45) is -7.36. The fourth-order valence-corrected chi connectivity index (χ4v) is 10.7. The van der Waals surface area contributed by atoms with E-state index in [-0.39, 0.29) is 50.6 Å². The minimum Gasteiger partial charge on any atom is -0.354 e. The number of benzene rings is 1. The summed E-state index contributed by atoms with van der Waals surface area (Å²) in [5.74, 6) is -10.2. The molecule has 2 aliphatic heterocycles. The van der Waals surface area contributed by atoms with Crippen molar-refractivity contribution >= 4 is 64.3 Å². The van der Waals surface area contributed by atoms with Gasteiger partial charge in [-0.15, -0.1) is 11.3 Å². The van der Waals surface area contributed by atoms with Crippen molar-refractivity contribution in [1.29, 1.82) is 0 Å². The molecule has 0 unspecified atom stereocenters. The highest BCUT2D eigenvalue weighted by Crippen LogP contribution is 2.61. The first kappa shape index (κ1) is 52.8. The molecule has 5 aliphatic rings. The van der Waals surface area contributed by atoms with Crippen LogP contribution in [0.15, 0.2) is 29.9 Å². The highest BCUT2D eigenvalue weighted by molar-refractivity contribution is 7.13. The summed E-state index contributed by atoms with van der Waals surface area (Å²) < 4.78 is 85.4. The summed E-state index contributed by atoms with van der Waals surface area (Å²) in [5.41, 5.74) is -1.74. The second kappa shape index (κ2) is 20.6. The zero-order valence-electron chi connectivity index (χ0n) is 39.3. The third-order valence-corrected chi connectivity index (χ3v) is 15.1. The zero-order valence-corrected chi connectivity index (χ0v) is 40.9. The first-order valence-corrected chi connectivity index (χ1v) is 25.0. The number of rotatable bonds is 12. The molecule has 4 N–H and O–H groups in total. The molecule has 15 nitrogen and oxygen atoms in total. The number of likely N-dealkylation sites (N-methyl/N-ethyl adjacent to an activating group) is 1. The molecule has 0 radical (unpaired) electrons. The van der Waals surface area contributed by atoms with Crippen LogP contribution in [0, 0.1) is 17.3 Å². The fraction of sp³-hybridized carbons (Fsp3) is 0.660. The maximum atomic E-state index is 14.9. The van der Waals surface area contributed by atoms with Gasteiger partial charge in [-0.2, -0.15) is 13.2 Å². The van der Waals surface area contributed by atoms with E-state index in [0.29, 0.717) is 47.6 Å². The normalized spacial score (nSPS) is 26.5. The Morgan fingerprint density at radius 1 is 1.03 bits per heavy atom. The van der Waals surface area contributed by atoms with Crippen LogP contribution in [-0.2, 0) is 40.0 Å². The molecule has 0 bridgehead atoms. The molecule has 6 atom stereocenters. The molecular weight excluding hydrogens is 970 g/mol. The van der Waals surface area contributed by atoms with E-state index in [9.17, 15) is 59.9 Å². The van der Waals surface area contributed by atoms with Crippen molar-refractivity contribution < 1.29 is 59.9 Å². The van der Waals surface area contributed by atoms with Crippen LogP contribution < -0.4 is 21.3 Å². The fourth-order valence-electron chi connectivity index (χ4n) is 9.82. The first-order valence-electron chi connectivity index (χ1n) is 23.7. The van der Waals surface area contributed by atoms with Crippen LogP contribution in [0.25, 0.3) is 10.4 Å². The third kappa shape index (κ3) is 11.5. The first-order chi connectivity index (χ1) is 32.8. The van der Waals surface area contributed by atoms with E-state index in [4.69, 9.17) is 11.6 Å². The number of carbonyl (C=O) groups excluding carboxylic acids is 7. The van der Waals surface area contributed by atoms with E-state index in [2.05, 4.69) is 26.3 Å². The Morgan fingerprint density at radius 2 is 1.73 bits per heavy atom. The predicted molar refractivity (Wildman–Crippen MR) is 245 cm³/mol. The number of thiazole rings is 1. The topological polar surface area (TPSA) is 190 Å². The van der Waals surface area contributed by atoms with Gasteiger partial charge in [0.25, 0.3) is 5.92 Å². The van der Waals surface area contributed by atoms with Crippen molar-refractivity contribution in [2.75, 3.05) is 26.7 Å². The highest BCUT2D eigenvalue weighted by Gasteiger charge is 2.75. The van der Waals surface area contributed by atoms with Crippen LogP contribution in [0.3, 0.4) is 0 Å². The Kier molecular flexibility index (Phi) is 15.6. The van der Waals surface area contributed by atoms with Crippen molar-refractivity contribution in [1.82, 2.24) is 41.0 Å². The zero-order chi connectivity index (χ0) is 51.1. The smallest absolute Gasteiger partial charge is 0.354 e. The molecule has 3 heterocycles. The van der Waals surface area contributed by atoms with E-state index in [0.717, 1.165) is 10.4 Å². The maximum absolute atomic E-state index is 14.9. The van der Waals surface area contributed by atoms with Crippen LogP contribution in [0.1, 0.15) is 97.0 Å². The molecule has 3 saturated carbocycles. The summed E-state index contributed by atoms with van der Waals surface area (Å²) in [6.45, 7) is 4.17. The van der Waals surface area contributed by atoms with E-state index in [1.54, 1.807) is 29.9 Å². The van der Waals surface area contributed by atoms with Gasteiger partial charge in [-0.1, -0.05) is 31.5 Å². The van der Waals surface area contributed by atoms with Crippen molar-refractivity contribution in [3.05, 3.63) is 40.5 Å². The monoisotopic (exact) mass is 1030 g/mol. The number of aromatic nitrogens is 1. The quantitative estimate of drug-likeness (QED) is 0.205. The minimum absolute atomic E-state index is 0.0253. The van der Waals surface area contributed by atoms with E-state index in [1.807, 2.05) is 13.8 Å². The van der Waals surface area contributed by atoms with E-state index < -0.39 is 127 Å². The number of halogens is 7. The molecule has 1 spiro atoms. The van der Waals surface area contributed by atoms with Gasteiger partial charge in [-0.05, 0) is 93.4 Å². The number of alkyl halides is 6. The summed E-state index contributed by atoms with van der Waals surface area (Å²) in [4.78, 5) is 107. The standard InChI is InChI=1S/C47H59ClF6N8O7S/c1-25(2)15-32-41(67)60(4)34(17-28-16-29(48)10-11-31(28)36-19-55-24-70-36)39(65)59-45(12-13-45)42(68)56-14-6-5-7-33(37(63)58-32)61(20-27-8-9-27)40(66)26(3)57-38(64)35-18-30(49)21-62(35)43(69)44(47(52,53)54)22-46(50,51)23-44/h10-11,16,19,24-27,30,32-35H,5-9,12-15,17-18,20-23H2,1-4H3,(H,56,68)(H,57,64)(H,58,63)(H,59,65)/t26-,30+,32-,33-,34-,35-/m0/s1. The summed E-state index contributed by atoms with van der Waals surface area (Å²) in [5, 5.41) is 11.5. The molecule has 23 heteroatoms. The molecular formula is C47H59ClF6N8O7S. The second-order valence-electron chi connectivity index (χ2n) is 20.1. The van der Waals surface area contributed by atoms with Crippen LogP contribution in [-0.4, -0.2) is 142 Å². The van der Waals surface area contributed by atoms with Crippen LogP contribution in [0.5, 0.6) is 0 Å². The Balaban J connectivity index is 1.16. The highest BCUT2D eigenvalue weighted by atomic mass is 35.5. The van der Waals surface area contributed by atoms with E-state index in [1.165, 1.54) is 35.1 Å². The SMILES string of the molecule is CC(C)C[C@@H]1NC(=O)[C@@H](N(CC2CC2)C(=O)[C@H](C)NC(=O)[C@@H]2C[C@@H](F)CN2C(=O)C2(C(F)(F)F)CC(F)(F)C2)CCCCNC(=O)C2(CC2)NC(=O)[C@H](Cc2cc(Cl)ccc2-c2cncs2)N(C)C1=O. The Bertz CT molecular complexity index is 2320. The second-order valence-corrected chi connectivity index (χ2v) is 21.4. The van der Waals surface area contributed by atoms with Crippen molar-refractivity contribution in [3.63, 3.8) is 0 Å². The average molecular weight is 1030 g/mol. The minimum atomic E-state index is -5.42. The van der Waals surface area contributed by atoms with Gasteiger partial charge < -0.3 is 36.0 Å². The number of amides is 7. The summed E-state index contributed by atoms with van der Waals surface area (Å²) in [6, 6.07) is -1.89. The van der Waals surface area contributed by atoms with Gasteiger partial charge in [0.05, 0.1) is 16.9 Å². The van der Waals surface area contributed by atoms with Crippen molar-refractivity contribution in [2.24, 2.45) is 17.3 Å². The molecule has 1 aromatic heterocycles. The number of nitrogens with one attached hydrogen (secondary N) is 4. The molecule has 3 aliphatic carbocycles. The number of hydrogen-bond acceptors (Lipinski definition) is 9. The molecule has 2 aromatic rings. The summed E-state index contributed by atoms with van der Waals surface area (Å²) in [7, 11) is 1.44. The molecule has 5 fully saturated rings. The van der Waals surface area contributed by atoms with Crippen LogP contribution >= 0.6 is 22.9 Å². The Labute approximate surface area is 410 Å². The van der Waals surface area contributed by atoms with Crippen molar-refractivity contribution in [2.45, 2.75) is 152 Å². The van der Waals surface area contributed by atoms with Gasteiger partial charge in [0.15, 0.2) is 5.41 Å². The number of carbonyl (C=O) groups is 7. The molecule has 384 valence electrons. The summed E-state index contributed by atoms with van der Waals surface area (Å²) >= 11 is 7.85. The molecule has 7 rings (SSSR count). The molecule has 7 amide bonds. The van der Waals surface area contributed by atoms with Gasteiger partial charge in [0, 0.05) is 57.0 Å². The maximum Gasteiger partial charge on any atom is 0.403 e. The van der Waals surface area contributed by atoms with Gasteiger partial charge in [-0.25, -0.2) is 13.2 Å². The number of likely N-dealkylation sites (tertiary alicyclic amines) is 1. The largest absolute Gasteiger partial charge is 0.403 e. The van der Waals surface area contributed by atoms with Gasteiger partial charge in [0.2, 0.25) is 41.4 Å². The Morgan fingerprint density at radius 3 is 2.33 bits per heavy atom. The lowest BCUT2D eigenvalue weighted by Crippen LogP contribution is -2.65.